The van der Waals surface area contributed by atoms with Crippen LogP contribution in [0, 0.1) is 0 Å². The number of esters is 1. The molecule has 0 saturated carbocycles. The number of hydrogen-bond acceptors (Lipinski definition) is 3. The summed E-state index contributed by atoms with van der Waals surface area (Å²) in [6.07, 6.45) is -1.34. The lowest BCUT2D eigenvalue weighted by atomic mass is 10.0. The van der Waals surface area contributed by atoms with Crippen molar-refractivity contribution in [3.8, 4) is 0 Å². The topological polar surface area (TPSA) is 46.5 Å². The van der Waals surface area contributed by atoms with Crippen molar-refractivity contribution in [1.29, 1.82) is 0 Å². The fourth-order valence-electron chi connectivity index (χ4n) is 1.46. The lowest BCUT2D eigenvalue weighted by Crippen LogP contribution is -2.09. The Morgan fingerprint density at radius 3 is 2.63 bits per heavy atom. The van der Waals surface area contributed by atoms with E-state index < -0.39 is 17.7 Å². The number of hydrogen-bond donors (Lipinski definition) is 1. The predicted octanol–water partition coefficient (Wildman–Crippen LogP) is 2.89. The number of benzene rings is 1. The number of aliphatic hydroxyl groups excluding tert-OH is 1. The molecule has 0 bridgehead atoms. The second-order valence-corrected chi connectivity index (χ2v) is 3.71. The average Bonchev–Trinajstić information content (AvgIpc) is 2.37. The van der Waals surface area contributed by atoms with E-state index in [0.717, 1.165) is 25.3 Å². The first kappa shape index (κ1) is 15.2. The van der Waals surface area contributed by atoms with Crippen LogP contribution in [0.2, 0.25) is 0 Å². The zero-order valence-electron chi connectivity index (χ0n) is 10.2. The molecular formula is C13H13F3O3. The normalized spacial score (nSPS) is 11.8. The Kier molecular flexibility index (Phi) is 5.11. The lowest BCUT2D eigenvalue weighted by Gasteiger charge is -2.10. The molecule has 0 spiro atoms. The van der Waals surface area contributed by atoms with Crippen molar-refractivity contribution in [3.05, 3.63) is 41.0 Å². The van der Waals surface area contributed by atoms with Gasteiger partial charge in [-0.05, 0) is 30.2 Å². The minimum absolute atomic E-state index is 0.0460. The van der Waals surface area contributed by atoms with E-state index in [0.29, 0.717) is 0 Å². The molecule has 1 aromatic rings. The number of methoxy groups -OCH3 is 1. The largest absolute Gasteiger partial charge is 0.465 e. The van der Waals surface area contributed by atoms with Crippen LogP contribution < -0.4 is 0 Å². The predicted molar refractivity (Wildman–Crippen MR) is 63.5 cm³/mol. The van der Waals surface area contributed by atoms with Gasteiger partial charge in [0.1, 0.15) is 0 Å². The molecule has 3 nitrogen and oxygen atoms in total. The molecular weight excluding hydrogens is 261 g/mol. The highest BCUT2D eigenvalue weighted by atomic mass is 19.4. The fraction of sp³-hybridized carbons (Fsp3) is 0.308. The molecule has 0 heterocycles. The van der Waals surface area contributed by atoms with Crippen LogP contribution in [0.4, 0.5) is 13.2 Å². The molecule has 1 aromatic carbocycles. The third kappa shape index (κ3) is 4.10. The molecule has 0 aliphatic rings. The Hall–Kier alpha value is -1.82. The Morgan fingerprint density at radius 1 is 1.42 bits per heavy atom. The first-order valence-electron chi connectivity index (χ1n) is 5.47. The van der Waals surface area contributed by atoms with Gasteiger partial charge in [-0.15, -0.1) is 0 Å². The minimum atomic E-state index is -4.48. The van der Waals surface area contributed by atoms with Crippen LogP contribution in [0.25, 0.3) is 6.08 Å². The average molecular weight is 274 g/mol. The summed E-state index contributed by atoms with van der Waals surface area (Å²) in [5.74, 6) is -0.711. The van der Waals surface area contributed by atoms with Crippen LogP contribution in [0.5, 0.6) is 0 Å². The molecule has 1 rings (SSSR count). The molecule has 0 aliphatic carbocycles. The first-order chi connectivity index (χ1) is 8.90. The molecule has 104 valence electrons. The Labute approximate surface area is 108 Å². The lowest BCUT2D eigenvalue weighted by molar-refractivity contribution is -0.137. The van der Waals surface area contributed by atoms with E-state index in [1.165, 1.54) is 12.2 Å². The molecule has 0 saturated heterocycles. The van der Waals surface area contributed by atoms with Gasteiger partial charge in [-0.3, -0.25) is 0 Å². The van der Waals surface area contributed by atoms with Gasteiger partial charge >= 0.3 is 12.1 Å². The van der Waals surface area contributed by atoms with E-state index in [2.05, 4.69) is 4.74 Å². The summed E-state index contributed by atoms with van der Waals surface area (Å²) < 4.78 is 42.3. The number of alkyl halides is 3. The van der Waals surface area contributed by atoms with Crippen molar-refractivity contribution in [2.45, 2.75) is 12.6 Å². The van der Waals surface area contributed by atoms with Crippen molar-refractivity contribution < 1.29 is 27.8 Å². The van der Waals surface area contributed by atoms with Gasteiger partial charge in [-0.1, -0.05) is 12.2 Å². The van der Waals surface area contributed by atoms with Gasteiger partial charge < -0.3 is 9.84 Å². The number of ether oxygens (including phenoxy) is 1. The van der Waals surface area contributed by atoms with E-state index in [4.69, 9.17) is 5.11 Å². The van der Waals surface area contributed by atoms with E-state index in [1.54, 1.807) is 0 Å². The maximum absolute atomic E-state index is 12.6. The summed E-state index contributed by atoms with van der Waals surface area (Å²) in [4.78, 5) is 11.4. The summed E-state index contributed by atoms with van der Waals surface area (Å²) in [5, 5.41) is 8.63. The van der Waals surface area contributed by atoms with Crippen LogP contribution in [-0.4, -0.2) is 24.8 Å². The SMILES string of the molecule is COC(=O)c1ccc(C(F)(F)F)cc1/C=C/CCO. The van der Waals surface area contributed by atoms with Crippen LogP contribution in [0.15, 0.2) is 24.3 Å². The molecule has 0 radical (unpaired) electrons. The molecule has 19 heavy (non-hydrogen) atoms. The maximum Gasteiger partial charge on any atom is 0.416 e. The van der Waals surface area contributed by atoms with Crippen molar-refractivity contribution >= 4 is 12.0 Å². The standard InChI is InChI=1S/C13H13F3O3/c1-19-12(18)11-6-5-10(13(14,15)16)8-9(11)4-2-3-7-17/h2,4-6,8,17H,3,7H2,1H3/b4-2+. The number of aliphatic hydroxyl groups is 1. The number of rotatable bonds is 4. The van der Waals surface area contributed by atoms with Crippen molar-refractivity contribution in [3.63, 3.8) is 0 Å². The third-order valence-corrected chi connectivity index (χ3v) is 2.38. The summed E-state index contributed by atoms with van der Waals surface area (Å²) in [6.45, 7) is -0.122. The molecule has 0 unspecified atom stereocenters. The molecule has 0 fully saturated rings. The Bertz CT molecular complexity index is 479. The van der Waals surface area contributed by atoms with Crippen molar-refractivity contribution in [2.24, 2.45) is 0 Å². The highest BCUT2D eigenvalue weighted by Crippen LogP contribution is 2.31. The van der Waals surface area contributed by atoms with Gasteiger partial charge in [-0.2, -0.15) is 13.2 Å². The highest BCUT2D eigenvalue weighted by Gasteiger charge is 2.31. The van der Waals surface area contributed by atoms with Crippen molar-refractivity contribution in [1.82, 2.24) is 0 Å². The van der Waals surface area contributed by atoms with E-state index >= 15 is 0 Å². The van der Waals surface area contributed by atoms with Crippen LogP contribution in [0.3, 0.4) is 0 Å². The van der Waals surface area contributed by atoms with Gasteiger partial charge in [0.15, 0.2) is 0 Å². The fourth-order valence-corrected chi connectivity index (χ4v) is 1.46. The molecule has 0 aliphatic heterocycles. The maximum atomic E-state index is 12.6. The number of halogens is 3. The highest BCUT2D eigenvalue weighted by molar-refractivity contribution is 5.93. The summed E-state index contributed by atoms with van der Waals surface area (Å²) >= 11 is 0. The van der Waals surface area contributed by atoms with Crippen molar-refractivity contribution in [2.75, 3.05) is 13.7 Å². The summed E-state index contributed by atoms with van der Waals surface area (Å²) in [6, 6.07) is 2.78. The Balaban J connectivity index is 3.22. The van der Waals surface area contributed by atoms with Gasteiger partial charge in [0.05, 0.1) is 18.2 Å². The second-order valence-electron chi connectivity index (χ2n) is 3.71. The molecule has 0 aromatic heterocycles. The minimum Gasteiger partial charge on any atom is -0.465 e. The van der Waals surface area contributed by atoms with Crippen LogP contribution in [0.1, 0.15) is 27.9 Å². The third-order valence-electron chi connectivity index (χ3n) is 2.38. The zero-order chi connectivity index (χ0) is 14.5. The van der Waals surface area contributed by atoms with Crippen LogP contribution >= 0.6 is 0 Å². The van der Waals surface area contributed by atoms with E-state index in [-0.39, 0.29) is 24.2 Å². The molecule has 6 heteroatoms. The summed E-state index contributed by atoms with van der Waals surface area (Å²) in [5.41, 5.74) is -0.691. The molecule has 0 atom stereocenters. The van der Waals surface area contributed by atoms with Gasteiger partial charge in [0.25, 0.3) is 0 Å². The monoisotopic (exact) mass is 274 g/mol. The number of carbonyl (C=O) groups excluding carboxylic acids is 1. The van der Waals surface area contributed by atoms with E-state index in [9.17, 15) is 18.0 Å². The zero-order valence-corrected chi connectivity index (χ0v) is 10.2. The summed E-state index contributed by atoms with van der Waals surface area (Å²) in [7, 11) is 1.15. The first-order valence-corrected chi connectivity index (χ1v) is 5.47. The second kappa shape index (κ2) is 6.38. The van der Waals surface area contributed by atoms with Gasteiger partial charge in [0, 0.05) is 6.61 Å². The smallest absolute Gasteiger partial charge is 0.416 e. The van der Waals surface area contributed by atoms with Gasteiger partial charge in [-0.25, -0.2) is 4.79 Å². The molecule has 0 amide bonds. The van der Waals surface area contributed by atoms with E-state index in [1.807, 2.05) is 0 Å². The Morgan fingerprint density at radius 2 is 2.11 bits per heavy atom. The molecule has 1 N–H and O–H groups in total. The van der Waals surface area contributed by atoms with Gasteiger partial charge in [0.2, 0.25) is 0 Å². The number of carbonyl (C=O) groups is 1. The quantitative estimate of drug-likeness (QED) is 0.859. The van der Waals surface area contributed by atoms with Crippen LogP contribution in [-0.2, 0) is 10.9 Å².